The van der Waals surface area contributed by atoms with Gasteiger partial charge in [0, 0.05) is 18.7 Å². The Morgan fingerprint density at radius 1 is 1.04 bits per heavy atom. The number of ether oxygens (including phenoxy) is 1. The fourth-order valence-corrected chi connectivity index (χ4v) is 2.30. The molecule has 0 spiro atoms. The van der Waals surface area contributed by atoms with Crippen LogP contribution in [0, 0.1) is 12.3 Å². The quantitative estimate of drug-likeness (QED) is 0.770. The Morgan fingerprint density at radius 2 is 1.67 bits per heavy atom. The van der Waals surface area contributed by atoms with Crippen LogP contribution < -0.4 is 0 Å². The molecule has 0 aliphatic carbocycles. The molecule has 0 saturated carbocycles. The minimum atomic E-state index is -0.535. The lowest BCUT2D eigenvalue weighted by Gasteiger charge is -2.27. The van der Waals surface area contributed by atoms with Crippen molar-refractivity contribution in [2.24, 2.45) is 0 Å². The SMILES string of the molecule is C#Cc1cccc(CN(Cc2ccccc2)C(=O)OC(C)(C)C)c1. The van der Waals surface area contributed by atoms with E-state index in [2.05, 4.69) is 5.92 Å². The van der Waals surface area contributed by atoms with Crippen LogP contribution in [-0.2, 0) is 17.8 Å². The van der Waals surface area contributed by atoms with Gasteiger partial charge in [-0.3, -0.25) is 4.90 Å². The maximum atomic E-state index is 12.6. The minimum absolute atomic E-state index is 0.336. The van der Waals surface area contributed by atoms with E-state index in [0.29, 0.717) is 13.1 Å². The van der Waals surface area contributed by atoms with E-state index >= 15 is 0 Å². The van der Waals surface area contributed by atoms with Crippen molar-refractivity contribution in [3.8, 4) is 12.3 Å². The predicted molar refractivity (Wildman–Crippen MR) is 96.3 cm³/mol. The maximum absolute atomic E-state index is 12.6. The van der Waals surface area contributed by atoms with E-state index in [1.807, 2.05) is 75.4 Å². The fourth-order valence-electron chi connectivity index (χ4n) is 2.30. The third kappa shape index (κ3) is 5.48. The van der Waals surface area contributed by atoms with Crippen molar-refractivity contribution >= 4 is 6.09 Å². The van der Waals surface area contributed by atoms with Crippen molar-refractivity contribution in [1.82, 2.24) is 4.90 Å². The monoisotopic (exact) mass is 321 g/mol. The number of carbonyl (C=O) groups is 1. The molecule has 0 aliphatic rings. The van der Waals surface area contributed by atoms with Gasteiger partial charge in [0.15, 0.2) is 0 Å². The molecule has 2 aromatic carbocycles. The molecule has 0 fully saturated rings. The summed E-state index contributed by atoms with van der Waals surface area (Å²) in [4.78, 5) is 14.3. The summed E-state index contributed by atoms with van der Waals surface area (Å²) in [6.07, 6.45) is 5.13. The van der Waals surface area contributed by atoms with Gasteiger partial charge in [-0.25, -0.2) is 4.79 Å². The van der Waals surface area contributed by atoms with E-state index in [1.54, 1.807) is 4.90 Å². The summed E-state index contributed by atoms with van der Waals surface area (Å²) in [5.41, 5.74) is 2.30. The highest BCUT2D eigenvalue weighted by atomic mass is 16.6. The Bertz CT molecular complexity index is 723. The van der Waals surface area contributed by atoms with E-state index in [4.69, 9.17) is 11.2 Å². The van der Waals surface area contributed by atoms with Gasteiger partial charge in [0.05, 0.1) is 0 Å². The van der Waals surface area contributed by atoms with Gasteiger partial charge in [0.25, 0.3) is 0 Å². The van der Waals surface area contributed by atoms with Crippen LogP contribution >= 0.6 is 0 Å². The first-order chi connectivity index (χ1) is 11.4. The molecule has 0 saturated heterocycles. The molecular weight excluding hydrogens is 298 g/mol. The van der Waals surface area contributed by atoms with Crippen LogP contribution in [-0.4, -0.2) is 16.6 Å². The van der Waals surface area contributed by atoms with Crippen molar-refractivity contribution in [2.45, 2.75) is 39.5 Å². The molecule has 2 aromatic rings. The average molecular weight is 321 g/mol. The standard InChI is InChI=1S/C21H23NO2/c1-5-17-12-9-13-19(14-17)16-22(20(23)24-21(2,3)4)15-18-10-7-6-8-11-18/h1,6-14H,15-16H2,2-4H3. The summed E-state index contributed by atoms with van der Waals surface area (Å²) >= 11 is 0. The molecule has 3 nitrogen and oxygen atoms in total. The minimum Gasteiger partial charge on any atom is -0.444 e. The molecule has 0 heterocycles. The van der Waals surface area contributed by atoms with Crippen LogP contribution in [0.5, 0.6) is 0 Å². The second-order valence-corrected chi connectivity index (χ2v) is 6.67. The Morgan fingerprint density at radius 3 is 2.29 bits per heavy atom. The van der Waals surface area contributed by atoms with Gasteiger partial charge in [0.2, 0.25) is 0 Å². The van der Waals surface area contributed by atoms with E-state index in [1.165, 1.54) is 0 Å². The molecule has 0 radical (unpaired) electrons. The van der Waals surface area contributed by atoms with Crippen LogP contribution in [0.3, 0.4) is 0 Å². The Kier molecular flexibility index (Phi) is 5.65. The fraction of sp³-hybridized carbons (Fsp3) is 0.286. The molecule has 0 aliphatic heterocycles. The Hall–Kier alpha value is -2.73. The summed E-state index contributed by atoms with van der Waals surface area (Å²) in [6.45, 7) is 6.52. The van der Waals surface area contributed by atoms with Crippen LogP contribution in [0.25, 0.3) is 0 Å². The normalized spacial score (nSPS) is 10.8. The van der Waals surface area contributed by atoms with Crippen LogP contribution in [0.4, 0.5) is 4.79 Å². The lowest BCUT2D eigenvalue weighted by atomic mass is 10.1. The van der Waals surface area contributed by atoms with E-state index in [9.17, 15) is 4.79 Å². The Labute approximate surface area is 144 Å². The number of benzene rings is 2. The molecule has 2 rings (SSSR count). The number of carbonyl (C=O) groups excluding carboxylic acids is 1. The second-order valence-electron chi connectivity index (χ2n) is 6.67. The number of hydrogen-bond donors (Lipinski definition) is 0. The number of hydrogen-bond acceptors (Lipinski definition) is 2. The summed E-state index contributed by atoms with van der Waals surface area (Å²) in [5.74, 6) is 2.62. The molecule has 1 amide bonds. The van der Waals surface area contributed by atoms with Gasteiger partial charge >= 0.3 is 6.09 Å². The number of nitrogens with zero attached hydrogens (tertiary/aromatic N) is 1. The van der Waals surface area contributed by atoms with E-state index in [-0.39, 0.29) is 6.09 Å². The first kappa shape index (κ1) is 17.6. The maximum Gasteiger partial charge on any atom is 0.410 e. The molecular formula is C21H23NO2. The predicted octanol–water partition coefficient (Wildman–Crippen LogP) is 4.61. The van der Waals surface area contributed by atoms with E-state index in [0.717, 1.165) is 16.7 Å². The first-order valence-electron chi connectivity index (χ1n) is 7.95. The zero-order chi connectivity index (χ0) is 17.6. The summed E-state index contributed by atoms with van der Waals surface area (Å²) in [7, 11) is 0. The topological polar surface area (TPSA) is 29.5 Å². The zero-order valence-electron chi connectivity index (χ0n) is 14.5. The highest BCUT2D eigenvalue weighted by Gasteiger charge is 2.22. The average Bonchev–Trinajstić information content (AvgIpc) is 2.54. The van der Waals surface area contributed by atoms with Gasteiger partial charge in [-0.05, 0) is 44.0 Å². The second kappa shape index (κ2) is 7.70. The molecule has 24 heavy (non-hydrogen) atoms. The highest BCUT2D eigenvalue weighted by molar-refractivity contribution is 5.68. The molecule has 0 unspecified atom stereocenters. The highest BCUT2D eigenvalue weighted by Crippen LogP contribution is 2.16. The van der Waals surface area contributed by atoms with Crippen molar-refractivity contribution in [3.05, 3.63) is 71.3 Å². The van der Waals surface area contributed by atoms with Gasteiger partial charge in [-0.1, -0.05) is 48.4 Å². The first-order valence-corrected chi connectivity index (χ1v) is 7.95. The summed E-state index contributed by atoms with van der Waals surface area (Å²) in [6, 6.07) is 17.5. The van der Waals surface area contributed by atoms with Gasteiger partial charge in [-0.2, -0.15) is 0 Å². The van der Waals surface area contributed by atoms with Crippen LogP contribution in [0.15, 0.2) is 54.6 Å². The van der Waals surface area contributed by atoms with Crippen molar-refractivity contribution < 1.29 is 9.53 Å². The van der Waals surface area contributed by atoms with Gasteiger partial charge in [0.1, 0.15) is 5.60 Å². The lowest BCUT2D eigenvalue weighted by Crippen LogP contribution is -2.36. The smallest absolute Gasteiger partial charge is 0.410 e. The third-order valence-electron chi connectivity index (χ3n) is 3.34. The third-order valence-corrected chi connectivity index (χ3v) is 3.34. The number of rotatable bonds is 4. The molecule has 0 bridgehead atoms. The lowest BCUT2D eigenvalue weighted by molar-refractivity contribution is 0.0216. The zero-order valence-corrected chi connectivity index (χ0v) is 14.5. The van der Waals surface area contributed by atoms with Crippen molar-refractivity contribution in [1.29, 1.82) is 0 Å². The van der Waals surface area contributed by atoms with Gasteiger partial charge in [-0.15, -0.1) is 6.42 Å². The molecule has 3 heteroatoms. The van der Waals surface area contributed by atoms with Crippen LogP contribution in [0.1, 0.15) is 37.5 Å². The summed E-state index contributed by atoms with van der Waals surface area (Å²) in [5, 5.41) is 0. The van der Waals surface area contributed by atoms with Gasteiger partial charge < -0.3 is 4.74 Å². The molecule has 0 aromatic heterocycles. The molecule has 0 N–H and O–H groups in total. The molecule has 124 valence electrons. The Balaban J connectivity index is 2.21. The number of terminal acetylenes is 1. The number of amides is 1. The summed E-state index contributed by atoms with van der Waals surface area (Å²) < 4.78 is 5.55. The largest absolute Gasteiger partial charge is 0.444 e. The molecule has 0 atom stereocenters. The van der Waals surface area contributed by atoms with Crippen molar-refractivity contribution in [3.63, 3.8) is 0 Å². The van der Waals surface area contributed by atoms with E-state index < -0.39 is 5.60 Å². The van der Waals surface area contributed by atoms with Crippen LogP contribution in [0.2, 0.25) is 0 Å². The van der Waals surface area contributed by atoms with Crippen molar-refractivity contribution in [2.75, 3.05) is 0 Å².